The van der Waals surface area contributed by atoms with Gasteiger partial charge in [-0.15, -0.1) is 0 Å². The summed E-state index contributed by atoms with van der Waals surface area (Å²) in [6.07, 6.45) is 4.73. The fourth-order valence-corrected chi connectivity index (χ4v) is 4.13. The number of aryl methyl sites for hydroxylation is 2. The van der Waals surface area contributed by atoms with E-state index in [0.29, 0.717) is 5.92 Å². The fourth-order valence-electron chi connectivity index (χ4n) is 4.13. The number of hydrogen-bond donors (Lipinski definition) is 0. The van der Waals surface area contributed by atoms with Crippen molar-refractivity contribution in [2.75, 3.05) is 35.5 Å². The minimum atomic E-state index is 0.232. The third-order valence-corrected chi connectivity index (χ3v) is 5.80. The molecule has 31 heavy (non-hydrogen) atoms. The van der Waals surface area contributed by atoms with Gasteiger partial charge >= 0.3 is 0 Å². The van der Waals surface area contributed by atoms with E-state index in [1.807, 2.05) is 0 Å². The van der Waals surface area contributed by atoms with Crippen LogP contribution in [0.1, 0.15) is 67.7 Å². The Labute approximate surface area is 189 Å². The van der Waals surface area contributed by atoms with Gasteiger partial charge in [0.2, 0.25) is 0 Å². The lowest BCUT2D eigenvalue weighted by atomic mass is 9.76. The summed E-state index contributed by atoms with van der Waals surface area (Å²) in [5.41, 5.74) is 4.71. The molecule has 0 aliphatic heterocycles. The molecule has 2 aromatic carbocycles. The molecule has 0 N–H and O–H groups in total. The van der Waals surface area contributed by atoms with Crippen LogP contribution >= 0.6 is 0 Å². The van der Waals surface area contributed by atoms with E-state index in [9.17, 15) is 0 Å². The normalized spacial score (nSPS) is 12.4. The summed E-state index contributed by atoms with van der Waals surface area (Å²) in [6, 6.07) is 10.9. The summed E-state index contributed by atoms with van der Waals surface area (Å²) in [5.74, 6) is 3.53. The minimum Gasteiger partial charge on any atom is -0.496 e. The highest BCUT2D eigenvalue weighted by Gasteiger charge is 2.28. The summed E-state index contributed by atoms with van der Waals surface area (Å²) in [4.78, 5) is 0. The maximum atomic E-state index is 5.82. The zero-order valence-electron chi connectivity index (χ0n) is 21.0. The Balaban J connectivity index is 0.00000151. The van der Waals surface area contributed by atoms with E-state index in [4.69, 9.17) is 14.2 Å². The molecular formula is C27H42O4. The summed E-state index contributed by atoms with van der Waals surface area (Å²) < 4.78 is 21.4. The van der Waals surface area contributed by atoms with E-state index in [2.05, 4.69) is 62.8 Å². The minimum absolute atomic E-state index is 0.232. The molecule has 0 spiro atoms. The molecule has 174 valence electrons. The fraction of sp³-hybridized carbons (Fsp3) is 0.556. The van der Waals surface area contributed by atoms with E-state index in [0.717, 1.165) is 34.8 Å². The lowest BCUT2D eigenvalue weighted by Gasteiger charge is -2.30. The second-order valence-corrected chi connectivity index (χ2v) is 7.99. The van der Waals surface area contributed by atoms with Crippen LogP contribution in [-0.2, 0) is 4.74 Å². The molecule has 0 fully saturated rings. The van der Waals surface area contributed by atoms with Crippen LogP contribution in [0.3, 0.4) is 0 Å². The molecule has 2 rings (SSSR count). The quantitative estimate of drug-likeness (QED) is 0.409. The van der Waals surface area contributed by atoms with E-state index >= 15 is 0 Å². The highest BCUT2D eigenvalue weighted by molar-refractivity contribution is 5.52. The first-order valence-corrected chi connectivity index (χ1v) is 11.2. The van der Waals surface area contributed by atoms with Gasteiger partial charge in [0.05, 0.1) is 21.3 Å². The van der Waals surface area contributed by atoms with Crippen LogP contribution in [0.2, 0.25) is 0 Å². The second kappa shape index (κ2) is 14.0. The molecule has 0 heterocycles. The number of hydrogen-bond acceptors (Lipinski definition) is 4. The molecule has 0 saturated carbocycles. The SMILES string of the molecule is CCCCC(CC)C(c1ccc(C)c(OC)c1)c1cc(OC)c(C)cc1OC.COC. The third-order valence-electron chi connectivity index (χ3n) is 5.80. The zero-order valence-corrected chi connectivity index (χ0v) is 21.0. The van der Waals surface area contributed by atoms with Gasteiger partial charge in [-0.2, -0.15) is 0 Å². The van der Waals surface area contributed by atoms with Crippen LogP contribution in [0.25, 0.3) is 0 Å². The number of benzene rings is 2. The average Bonchev–Trinajstić information content (AvgIpc) is 2.78. The van der Waals surface area contributed by atoms with Gasteiger partial charge in [0, 0.05) is 25.7 Å². The molecule has 2 unspecified atom stereocenters. The predicted molar refractivity (Wildman–Crippen MR) is 130 cm³/mol. The summed E-state index contributed by atoms with van der Waals surface area (Å²) in [5, 5.41) is 0. The summed E-state index contributed by atoms with van der Waals surface area (Å²) >= 11 is 0. The lowest BCUT2D eigenvalue weighted by Crippen LogP contribution is -2.16. The Hall–Kier alpha value is -2.20. The molecular weight excluding hydrogens is 388 g/mol. The van der Waals surface area contributed by atoms with Crippen LogP contribution in [0.4, 0.5) is 0 Å². The van der Waals surface area contributed by atoms with Crippen molar-refractivity contribution >= 4 is 0 Å². The highest BCUT2D eigenvalue weighted by Crippen LogP contribution is 2.44. The van der Waals surface area contributed by atoms with Crippen molar-refractivity contribution in [3.8, 4) is 17.2 Å². The molecule has 0 bridgehead atoms. The Morgan fingerprint density at radius 2 is 1.32 bits per heavy atom. The van der Waals surface area contributed by atoms with Crippen LogP contribution in [0.5, 0.6) is 17.2 Å². The van der Waals surface area contributed by atoms with E-state index in [-0.39, 0.29) is 5.92 Å². The Morgan fingerprint density at radius 3 is 1.84 bits per heavy atom. The molecule has 0 saturated heterocycles. The van der Waals surface area contributed by atoms with Crippen molar-refractivity contribution in [1.29, 1.82) is 0 Å². The predicted octanol–water partition coefficient (Wildman–Crippen LogP) is 6.94. The van der Waals surface area contributed by atoms with Crippen molar-refractivity contribution in [2.24, 2.45) is 5.92 Å². The van der Waals surface area contributed by atoms with Crippen molar-refractivity contribution in [2.45, 2.75) is 59.3 Å². The first kappa shape index (κ1) is 26.8. The molecule has 4 nitrogen and oxygen atoms in total. The maximum Gasteiger partial charge on any atom is 0.123 e. The van der Waals surface area contributed by atoms with Crippen molar-refractivity contribution in [3.05, 3.63) is 52.6 Å². The van der Waals surface area contributed by atoms with Crippen LogP contribution in [0.15, 0.2) is 30.3 Å². The standard InChI is InChI=1S/C25H36O3.C2H6O/c1-8-10-11-19(9-2)25(20-13-12-17(3)22(15-20)26-5)21-16-23(27-6)18(4)14-24(21)28-7;1-3-2/h12-16,19,25H,8-11H2,1-7H3;1-2H3. The van der Waals surface area contributed by atoms with Gasteiger partial charge < -0.3 is 18.9 Å². The van der Waals surface area contributed by atoms with Gasteiger partial charge in [-0.3, -0.25) is 0 Å². The molecule has 0 aliphatic carbocycles. The average molecular weight is 431 g/mol. The number of unbranched alkanes of at least 4 members (excludes halogenated alkanes) is 1. The summed E-state index contributed by atoms with van der Waals surface area (Å²) in [6.45, 7) is 8.69. The van der Waals surface area contributed by atoms with Crippen molar-refractivity contribution < 1.29 is 18.9 Å². The van der Waals surface area contributed by atoms with Crippen molar-refractivity contribution in [3.63, 3.8) is 0 Å². The second-order valence-electron chi connectivity index (χ2n) is 7.99. The Bertz CT molecular complexity index is 785. The molecule has 2 atom stereocenters. The van der Waals surface area contributed by atoms with Crippen LogP contribution < -0.4 is 14.2 Å². The van der Waals surface area contributed by atoms with Gasteiger partial charge in [-0.25, -0.2) is 0 Å². The molecule has 0 radical (unpaired) electrons. The molecule has 0 aromatic heterocycles. The highest BCUT2D eigenvalue weighted by atomic mass is 16.5. The largest absolute Gasteiger partial charge is 0.496 e. The number of ether oxygens (including phenoxy) is 4. The first-order chi connectivity index (χ1) is 14.9. The smallest absolute Gasteiger partial charge is 0.123 e. The number of rotatable bonds is 10. The van der Waals surface area contributed by atoms with E-state index < -0.39 is 0 Å². The monoisotopic (exact) mass is 430 g/mol. The van der Waals surface area contributed by atoms with Gasteiger partial charge in [-0.1, -0.05) is 45.2 Å². The van der Waals surface area contributed by atoms with E-state index in [1.165, 1.54) is 30.4 Å². The topological polar surface area (TPSA) is 36.9 Å². The van der Waals surface area contributed by atoms with Gasteiger partial charge in [0.1, 0.15) is 17.2 Å². The maximum absolute atomic E-state index is 5.82. The number of methoxy groups -OCH3 is 4. The molecule has 0 amide bonds. The molecule has 0 aliphatic rings. The molecule has 2 aromatic rings. The van der Waals surface area contributed by atoms with Crippen LogP contribution in [0, 0.1) is 19.8 Å². The van der Waals surface area contributed by atoms with Gasteiger partial charge in [0.15, 0.2) is 0 Å². The lowest BCUT2D eigenvalue weighted by molar-refractivity contribution is 0.277. The Morgan fingerprint density at radius 1 is 0.742 bits per heavy atom. The van der Waals surface area contributed by atoms with E-state index in [1.54, 1.807) is 35.5 Å². The third kappa shape index (κ3) is 7.17. The Kier molecular flexibility index (Phi) is 12.1. The zero-order chi connectivity index (χ0) is 23.4. The van der Waals surface area contributed by atoms with Gasteiger partial charge in [-0.05, 0) is 61.1 Å². The van der Waals surface area contributed by atoms with Gasteiger partial charge in [0.25, 0.3) is 0 Å². The van der Waals surface area contributed by atoms with Crippen LogP contribution in [-0.4, -0.2) is 35.5 Å². The first-order valence-electron chi connectivity index (χ1n) is 11.2. The molecule has 4 heteroatoms. The summed E-state index contributed by atoms with van der Waals surface area (Å²) in [7, 11) is 8.48. The van der Waals surface area contributed by atoms with Crippen molar-refractivity contribution in [1.82, 2.24) is 0 Å².